The molecule has 0 aromatic heterocycles. The van der Waals surface area contributed by atoms with E-state index in [0.29, 0.717) is 0 Å². The highest BCUT2D eigenvalue weighted by Gasteiger charge is 2.20. The van der Waals surface area contributed by atoms with Crippen LogP contribution < -0.4 is 0 Å². The summed E-state index contributed by atoms with van der Waals surface area (Å²) in [5, 5.41) is 10.3. The number of aliphatic hydroxyl groups is 1. The second-order valence-corrected chi connectivity index (χ2v) is 6.31. The van der Waals surface area contributed by atoms with E-state index in [0.717, 1.165) is 45.1 Å². The Morgan fingerprint density at radius 3 is 2.05 bits per heavy atom. The topological polar surface area (TPSA) is 26.7 Å². The summed E-state index contributed by atoms with van der Waals surface area (Å²) in [7, 11) is 0. The van der Waals surface area contributed by atoms with E-state index >= 15 is 0 Å². The monoisotopic (exact) mass is 284 g/mol. The zero-order valence-corrected chi connectivity index (χ0v) is 14.0. The first-order chi connectivity index (χ1) is 9.69. The van der Waals surface area contributed by atoms with Crippen LogP contribution in [0.25, 0.3) is 0 Å². The summed E-state index contributed by atoms with van der Waals surface area (Å²) in [6, 6.07) is 0. The zero-order valence-electron chi connectivity index (χ0n) is 14.0. The molecule has 1 atom stereocenters. The maximum atomic E-state index is 10.3. The lowest BCUT2D eigenvalue weighted by Gasteiger charge is -2.26. The van der Waals surface area contributed by atoms with Gasteiger partial charge in [0.05, 0.1) is 6.10 Å². The number of likely N-dealkylation sites (N-methyl/N-ethyl adjacent to an activating group) is 1. The summed E-state index contributed by atoms with van der Waals surface area (Å²) < 4.78 is 0. The van der Waals surface area contributed by atoms with Crippen LogP contribution in [-0.2, 0) is 0 Å². The molecule has 0 aliphatic heterocycles. The van der Waals surface area contributed by atoms with E-state index in [1.807, 2.05) is 0 Å². The fraction of sp³-hybridized carbons (Fsp3) is 1.00. The third-order valence-corrected chi connectivity index (χ3v) is 4.84. The SMILES string of the molecule is CCN(CC)CCCN(CC)CC(O)CC1CCCC1. The number of rotatable bonds is 11. The van der Waals surface area contributed by atoms with Crippen molar-refractivity contribution in [3.05, 3.63) is 0 Å². The molecule has 0 spiro atoms. The lowest BCUT2D eigenvalue weighted by atomic mass is 10.00. The van der Waals surface area contributed by atoms with Crippen LogP contribution in [0, 0.1) is 5.92 Å². The smallest absolute Gasteiger partial charge is 0.0669 e. The zero-order chi connectivity index (χ0) is 14.8. The summed E-state index contributed by atoms with van der Waals surface area (Å²) in [6.07, 6.45) is 7.54. The molecule has 0 radical (unpaired) electrons. The average molecular weight is 284 g/mol. The fourth-order valence-electron chi connectivity index (χ4n) is 3.44. The molecule has 1 fully saturated rings. The van der Waals surface area contributed by atoms with Gasteiger partial charge >= 0.3 is 0 Å². The molecule has 0 saturated heterocycles. The Bertz CT molecular complexity index is 225. The molecule has 1 unspecified atom stereocenters. The molecule has 1 saturated carbocycles. The predicted molar refractivity (Wildman–Crippen MR) is 87.1 cm³/mol. The average Bonchev–Trinajstić information content (AvgIpc) is 2.95. The fourth-order valence-corrected chi connectivity index (χ4v) is 3.44. The molecule has 0 aromatic carbocycles. The third kappa shape index (κ3) is 7.05. The molecule has 1 rings (SSSR count). The predicted octanol–water partition coefficient (Wildman–Crippen LogP) is 2.98. The maximum absolute atomic E-state index is 10.3. The van der Waals surface area contributed by atoms with Gasteiger partial charge in [-0.1, -0.05) is 46.5 Å². The maximum Gasteiger partial charge on any atom is 0.0669 e. The van der Waals surface area contributed by atoms with Crippen LogP contribution in [0.1, 0.15) is 59.3 Å². The van der Waals surface area contributed by atoms with Crippen LogP contribution in [0.2, 0.25) is 0 Å². The normalized spacial score (nSPS) is 18.3. The molecule has 0 bridgehead atoms. The van der Waals surface area contributed by atoms with Crippen molar-refractivity contribution < 1.29 is 5.11 Å². The number of hydrogen-bond donors (Lipinski definition) is 1. The first-order valence-electron chi connectivity index (χ1n) is 8.82. The molecule has 1 N–H and O–H groups in total. The van der Waals surface area contributed by atoms with Gasteiger partial charge in [0.2, 0.25) is 0 Å². The Balaban J connectivity index is 2.16. The highest BCUT2D eigenvalue weighted by atomic mass is 16.3. The van der Waals surface area contributed by atoms with Gasteiger partial charge < -0.3 is 14.9 Å². The van der Waals surface area contributed by atoms with Crippen LogP contribution in [0.3, 0.4) is 0 Å². The molecule has 120 valence electrons. The molecular formula is C17H36N2O. The first-order valence-corrected chi connectivity index (χ1v) is 8.82. The van der Waals surface area contributed by atoms with Crippen molar-refractivity contribution in [2.24, 2.45) is 5.92 Å². The van der Waals surface area contributed by atoms with E-state index in [4.69, 9.17) is 0 Å². The largest absolute Gasteiger partial charge is 0.392 e. The minimum absolute atomic E-state index is 0.119. The van der Waals surface area contributed by atoms with Gasteiger partial charge in [0.15, 0.2) is 0 Å². The molecule has 1 aliphatic carbocycles. The quantitative estimate of drug-likeness (QED) is 0.632. The first kappa shape index (κ1) is 17.9. The molecule has 0 aromatic rings. The Hall–Kier alpha value is -0.120. The van der Waals surface area contributed by atoms with E-state index in [-0.39, 0.29) is 6.10 Å². The molecule has 20 heavy (non-hydrogen) atoms. The Labute approximate surface area is 126 Å². The summed E-state index contributed by atoms with van der Waals surface area (Å²) in [4.78, 5) is 4.89. The van der Waals surface area contributed by atoms with E-state index in [9.17, 15) is 5.11 Å². The van der Waals surface area contributed by atoms with Crippen molar-refractivity contribution in [2.45, 2.75) is 65.4 Å². The Morgan fingerprint density at radius 1 is 0.950 bits per heavy atom. The van der Waals surface area contributed by atoms with Gasteiger partial charge in [-0.15, -0.1) is 0 Å². The molecule has 0 heterocycles. The second-order valence-electron chi connectivity index (χ2n) is 6.31. The lowest BCUT2D eigenvalue weighted by molar-refractivity contribution is 0.0912. The molecule has 0 amide bonds. The Morgan fingerprint density at radius 2 is 1.50 bits per heavy atom. The van der Waals surface area contributed by atoms with Gasteiger partial charge in [-0.2, -0.15) is 0 Å². The van der Waals surface area contributed by atoms with Gasteiger partial charge in [0.25, 0.3) is 0 Å². The van der Waals surface area contributed by atoms with Crippen LogP contribution in [0.4, 0.5) is 0 Å². The Kier molecular flexibility index (Phi) is 9.49. The van der Waals surface area contributed by atoms with Crippen LogP contribution in [0.15, 0.2) is 0 Å². The number of nitrogens with zero attached hydrogens (tertiary/aromatic N) is 2. The standard InChI is InChI=1S/C17H36N2O/c1-4-18(5-2)12-9-13-19(6-3)15-17(20)14-16-10-7-8-11-16/h16-17,20H,4-15H2,1-3H3. The van der Waals surface area contributed by atoms with Crippen molar-refractivity contribution in [3.8, 4) is 0 Å². The summed E-state index contributed by atoms with van der Waals surface area (Å²) in [6.45, 7) is 13.2. The van der Waals surface area contributed by atoms with Crippen LogP contribution >= 0.6 is 0 Å². The van der Waals surface area contributed by atoms with Gasteiger partial charge in [-0.3, -0.25) is 0 Å². The molecule has 1 aliphatic rings. The number of aliphatic hydroxyl groups excluding tert-OH is 1. The summed E-state index contributed by atoms with van der Waals surface area (Å²) in [5.74, 6) is 0.791. The van der Waals surface area contributed by atoms with Gasteiger partial charge in [0, 0.05) is 6.54 Å². The van der Waals surface area contributed by atoms with Crippen LogP contribution in [0.5, 0.6) is 0 Å². The van der Waals surface area contributed by atoms with Crippen molar-refractivity contribution in [1.82, 2.24) is 9.80 Å². The van der Waals surface area contributed by atoms with Crippen molar-refractivity contribution >= 4 is 0 Å². The third-order valence-electron chi connectivity index (χ3n) is 4.84. The van der Waals surface area contributed by atoms with Gasteiger partial charge in [-0.25, -0.2) is 0 Å². The molecule has 3 nitrogen and oxygen atoms in total. The van der Waals surface area contributed by atoms with Gasteiger partial charge in [0.1, 0.15) is 0 Å². The second kappa shape index (κ2) is 10.6. The summed E-state index contributed by atoms with van der Waals surface area (Å²) in [5.41, 5.74) is 0. The molecule has 3 heteroatoms. The van der Waals surface area contributed by atoms with Crippen molar-refractivity contribution in [1.29, 1.82) is 0 Å². The summed E-state index contributed by atoms with van der Waals surface area (Å²) >= 11 is 0. The van der Waals surface area contributed by atoms with Gasteiger partial charge in [-0.05, 0) is 51.5 Å². The van der Waals surface area contributed by atoms with E-state index in [2.05, 4.69) is 30.6 Å². The highest BCUT2D eigenvalue weighted by Crippen LogP contribution is 2.28. The van der Waals surface area contributed by atoms with Crippen LogP contribution in [-0.4, -0.2) is 60.3 Å². The minimum Gasteiger partial charge on any atom is -0.392 e. The van der Waals surface area contributed by atoms with Crippen molar-refractivity contribution in [3.63, 3.8) is 0 Å². The van der Waals surface area contributed by atoms with E-state index < -0.39 is 0 Å². The lowest BCUT2D eigenvalue weighted by Crippen LogP contribution is -2.35. The molecular weight excluding hydrogens is 248 g/mol. The minimum atomic E-state index is -0.119. The van der Waals surface area contributed by atoms with E-state index in [1.165, 1.54) is 38.6 Å². The number of hydrogen-bond acceptors (Lipinski definition) is 3. The highest BCUT2D eigenvalue weighted by molar-refractivity contribution is 4.73. The van der Waals surface area contributed by atoms with Crippen molar-refractivity contribution in [2.75, 3.05) is 39.3 Å². The van der Waals surface area contributed by atoms with E-state index in [1.54, 1.807) is 0 Å².